The van der Waals surface area contributed by atoms with Gasteiger partial charge in [-0.25, -0.2) is 0 Å². The number of aliphatic hydroxyl groups is 1. The Balaban J connectivity index is 1.49. The lowest BCUT2D eigenvalue weighted by Gasteiger charge is -2.60. The molecule has 0 radical (unpaired) electrons. The number of nitroso groups, excluding NO2 is 1. The molecule has 6 heteroatoms. The first kappa shape index (κ1) is 21.2. The van der Waals surface area contributed by atoms with E-state index in [4.69, 9.17) is 25.3 Å². The minimum atomic E-state index is -0.520. The van der Waals surface area contributed by atoms with Crippen molar-refractivity contribution in [2.45, 2.75) is 93.2 Å². The van der Waals surface area contributed by atoms with Crippen LogP contribution in [0.1, 0.15) is 77.6 Å². The van der Waals surface area contributed by atoms with Gasteiger partial charge in [0.2, 0.25) is 0 Å². The second kappa shape index (κ2) is 7.88. The van der Waals surface area contributed by atoms with Crippen LogP contribution in [0.2, 0.25) is 0 Å². The molecule has 0 aromatic carbocycles. The molecule has 9 atom stereocenters. The van der Waals surface area contributed by atoms with Gasteiger partial charge in [0, 0.05) is 21.1 Å². The maximum absolute atomic E-state index is 11.3. The van der Waals surface area contributed by atoms with Crippen LogP contribution in [0.4, 0.5) is 0 Å². The van der Waals surface area contributed by atoms with Crippen LogP contribution in [0.25, 0.3) is 0 Å². The van der Waals surface area contributed by atoms with E-state index in [0.29, 0.717) is 35.5 Å². The van der Waals surface area contributed by atoms with Crippen LogP contribution in [0.15, 0.2) is 5.18 Å². The summed E-state index contributed by atoms with van der Waals surface area (Å²) < 4.78 is 0.159. The van der Waals surface area contributed by atoms with Gasteiger partial charge < -0.3 is 5.11 Å². The Morgan fingerprint density at radius 3 is 2.54 bits per heavy atom. The summed E-state index contributed by atoms with van der Waals surface area (Å²) in [5.41, 5.74) is 0. The molecule has 0 aromatic heterocycles. The molecule has 4 nitrogen and oxygen atoms in total. The summed E-state index contributed by atoms with van der Waals surface area (Å²) in [6.07, 6.45) is 11.0. The molecule has 0 saturated heterocycles. The molecule has 4 saturated carbocycles. The first-order valence-corrected chi connectivity index (χ1v) is 12.2. The molecule has 0 aliphatic heterocycles. The molecule has 28 heavy (non-hydrogen) atoms. The maximum atomic E-state index is 11.3. The molecule has 4 rings (SSSR count). The Labute approximate surface area is 179 Å². The third-order valence-electron chi connectivity index (χ3n) is 9.20. The van der Waals surface area contributed by atoms with Crippen LogP contribution in [0, 0.1) is 40.4 Å². The van der Waals surface area contributed by atoms with Gasteiger partial charge in [0.15, 0.2) is 0 Å². The molecule has 0 aromatic rings. The Bertz CT molecular complexity index is 631. The molecular weight excluding hydrogens is 390 g/mol. The summed E-state index contributed by atoms with van der Waals surface area (Å²) >= 11 is 10.7. The largest absolute Gasteiger partial charge is 0.393 e. The van der Waals surface area contributed by atoms with Crippen molar-refractivity contribution in [3.8, 4) is 0 Å². The topological polar surface area (TPSA) is 66.7 Å². The van der Waals surface area contributed by atoms with E-state index in [9.17, 15) is 14.8 Å². The lowest BCUT2D eigenvalue weighted by atomic mass is 9.52. The zero-order valence-electron chi connectivity index (χ0n) is 16.9. The van der Waals surface area contributed by atoms with E-state index in [1.807, 2.05) is 0 Å². The third kappa shape index (κ3) is 3.39. The highest BCUT2D eigenvalue weighted by molar-refractivity contribution is 7.82. The van der Waals surface area contributed by atoms with E-state index in [0.717, 1.165) is 32.1 Å². The molecule has 158 valence electrons. The van der Waals surface area contributed by atoms with Gasteiger partial charge in [-0.1, -0.05) is 6.92 Å². The quantitative estimate of drug-likeness (QED) is 0.437. The van der Waals surface area contributed by atoms with E-state index >= 15 is 0 Å². The number of fused-ring (bicyclic) bond motifs is 5. The van der Waals surface area contributed by atoms with Crippen LogP contribution >= 0.6 is 25.3 Å². The first-order valence-electron chi connectivity index (χ1n) is 11.3. The molecule has 1 N–H and O–H groups in total. The summed E-state index contributed by atoms with van der Waals surface area (Å²) in [5.74, 6) is 2.95. The molecule has 2 unspecified atom stereocenters. The van der Waals surface area contributed by atoms with Crippen molar-refractivity contribution >= 4 is 31.2 Å². The SMILES string of the molecule is CC(CCC(=O)N=O)[C@H]1CC[C@H]2[C@@H]3CC[C@H]4CC(O)CC[C@]4(S)[C@H]3CC[C@]12S. The van der Waals surface area contributed by atoms with Crippen molar-refractivity contribution in [2.75, 3.05) is 0 Å². The summed E-state index contributed by atoms with van der Waals surface area (Å²) in [6.45, 7) is 2.23. The highest BCUT2D eigenvalue weighted by Crippen LogP contribution is 2.66. The van der Waals surface area contributed by atoms with Crippen LogP contribution < -0.4 is 0 Å². The molecule has 0 bridgehead atoms. The number of thiol groups is 2. The molecule has 0 spiro atoms. The van der Waals surface area contributed by atoms with Gasteiger partial charge in [-0.3, -0.25) is 4.79 Å². The normalized spacial score (nSPS) is 48.9. The molecule has 0 heterocycles. The molecule has 4 aliphatic rings. The Morgan fingerprint density at radius 1 is 1.07 bits per heavy atom. The lowest BCUT2D eigenvalue weighted by Crippen LogP contribution is -2.58. The fourth-order valence-electron chi connectivity index (χ4n) is 7.87. The van der Waals surface area contributed by atoms with Gasteiger partial charge in [-0.05, 0) is 99.7 Å². The van der Waals surface area contributed by atoms with Crippen LogP contribution in [-0.2, 0) is 4.79 Å². The van der Waals surface area contributed by atoms with Gasteiger partial charge in [0.05, 0.1) is 6.10 Å². The van der Waals surface area contributed by atoms with Crippen LogP contribution in [0.5, 0.6) is 0 Å². The fourth-order valence-corrected chi connectivity index (χ4v) is 9.39. The van der Waals surface area contributed by atoms with Crippen molar-refractivity contribution in [3.63, 3.8) is 0 Å². The van der Waals surface area contributed by atoms with E-state index in [1.165, 1.54) is 32.1 Å². The van der Waals surface area contributed by atoms with Gasteiger partial charge in [-0.2, -0.15) is 25.3 Å². The maximum Gasteiger partial charge on any atom is 0.286 e. The Morgan fingerprint density at radius 2 is 1.79 bits per heavy atom. The number of nitrogens with zero attached hydrogens (tertiary/aromatic N) is 1. The van der Waals surface area contributed by atoms with Crippen molar-refractivity contribution in [3.05, 3.63) is 4.91 Å². The lowest BCUT2D eigenvalue weighted by molar-refractivity contribution is -0.118. The molecule has 1 amide bonds. The van der Waals surface area contributed by atoms with Crippen LogP contribution in [-0.4, -0.2) is 26.6 Å². The minimum absolute atomic E-state index is 0.0589. The highest BCUT2D eigenvalue weighted by Gasteiger charge is 2.61. The first-order chi connectivity index (χ1) is 13.3. The average Bonchev–Trinajstić information content (AvgIpc) is 3.03. The number of hydrogen-bond donors (Lipinski definition) is 3. The van der Waals surface area contributed by atoms with Crippen molar-refractivity contribution < 1.29 is 9.90 Å². The van der Waals surface area contributed by atoms with Crippen LogP contribution in [0.3, 0.4) is 0 Å². The van der Waals surface area contributed by atoms with E-state index in [2.05, 4.69) is 12.1 Å². The summed E-state index contributed by atoms with van der Waals surface area (Å²) in [5, 5.41) is 12.7. The predicted octanol–water partition coefficient (Wildman–Crippen LogP) is 5.04. The number of aliphatic hydroxyl groups excluding tert-OH is 1. The zero-order chi connectivity index (χ0) is 20.1. The van der Waals surface area contributed by atoms with Gasteiger partial charge >= 0.3 is 0 Å². The molecular formula is C22H35NO3S2. The second-order valence-electron chi connectivity index (χ2n) is 10.3. The van der Waals surface area contributed by atoms with Crippen molar-refractivity contribution in [2.24, 2.45) is 40.7 Å². The number of carbonyl (C=O) groups excluding carboxylic acids is 1. The van der Waals surface area contributed by atoms with Crippen molar-refractivity contribution in [1.82, 2.24) is 0 Å². The minimum Gasteiger partial charge on any atom is -0.393 e. The van der Waals surface area contributed by atoms with Gasteiger partial charge in [-0.15, -0.1) is 4.91 Å². The van der Waals surface area contributed by atoms with E-state index in [-0.39, 0.29) is 22.0 Å². The fraction of sp³-hybridized carbons (Fsp3) is 0.955. The number of amides is 1. The summed E-state index contributed by atoms with van der Waals surface area (Å²) in [4.78, 5) is 21.8. The third-order valence-corrected chi connectivity index (χ3v) is 11.0. The summed E-state index contributed by atoms with van der Waals surface area (Å²) in [7, 11) is 0. The van der Waals surface area contributed by atoms with E-state index in [1.54, 1.807) is 0 Å². The Hall–Kier alpha value is -0.0700. The average molecular weight is 426 g/mol. The van der Waals surface area contributed by atoms with Crippen molar-refractivity contribution in [1.29, 1.82) is 0 Å². The smallest absolute Gasteiger partial charge is 0.286 e. The second-order valence-corrected chi connectivity index (χ2v) is 12.0. The predicted molar refractivity (Wildman–Crippen MR) is 118 cm³/mol. The molecule has 4 aliphatic carbocycles. The Kier molecular flexibility index (Phi) is 5.96. The number of rotatable bonds is 4. The molecule has 4 fully saturated rings. The van der Waals surface area contributed by atoms with E-state index < -0.39 is 5.91 Å². The standard InChI is InChI=1S/C22H35NO3S2/c1-13(2-7-20(25)23-26)17-5-6-18-16-4-3-14-12-15(24)8-10-21(14,27)19(16)9-11-22(17,18)28/h13-19,24,27-28H,2-12H2,1H3/t13?,14-,15?,16-,17+,18-,19-,21+,22-/m0/s1. The van der Waals surface area contributed by atoms with Gasteiger partial charge in [0.1, 0.15) is 0 Å². The van der Waals surface area contributed by atoms with Gasteiger partial charge in [0.25, 0.3) is 5.91 Å². The monoisotopic (exact) mass is 425 g/mol. The number of carbonyl (C=O) groups is 1. The summed E-state index contributed by atoms with van der Waals surface area (Å²) in [6, 6.07) is 0. The highest BCUT2D eigenvalue weighted by atomic mass is 32.1. The number of hydrogen-bond acceptors (Lipinski definition) is 5. The zero-order valence-corrected chi connectivity index (χ0v) is 18.7.